The zero-order chi connectivity index (χ0) is 18.5. The van der Waals surface area contributed by atoms with Crippen molar-refractivity contribution in [1.29, 1.82) is 0 Å². The van der Waals surface area contributed by atoms with Crippen LogP contribution in [0.2, 0.25) is 0 Å². The summed E-state index contributed by atoms with van der Waals surface area (Å²) in [6, 6.07) is 2.66. The van der Waals surface area contributed by atoms with E-state index in [4.69, 9.17) is 0 Å². The Bertz CT molecular complexity index is 754. The molecule has 1 amide bonds. The minimum Gasteiger partial charge on any atom is -0.351 e. The third-order valence-corrected chi connectivity index (χ3v) is 5.13. The molecular weight excluding hydrogens is 397 g/mol. The molecule has 6 nitrogen and oxygen atoms in total. The number of carbonyl (C=O) groups is 1. The number of nitrogens with zero attached hydrogens (tertiary/aromatic N) is 3. The summed E-state index contributed by atoms with van der Waals surface area (Å²) >= 11 is 0. The van der Waals surface area contributed by atoms with Gasteiger partial charge in [-0.2, -0.15) is 5.10 Å². The molecule has 1 fully saturated rings. The van der Waals surface area contributed by atoms with Crippen LogP contribution in [-0.2, 0) is 0 Å². The maximum atomic E-state index is 12.7. The van der Waals surface area contributed by atoms with Gasteiger partial charge in [0, 0.05) is 30.9 Å². The van der Waals surface area contributed by atoms with Crippen molar-refractivity contribution in [2.75, 3.05) is 13.1 Å². The molecule has 0 aliphatic heterocycles. The van der Waals surface area contributed by atoms with Gasteiger partial charge in [-0.15, -0.1) is 24.8 Å². The van der Waals surface area contributed by atoms with Crippen LogP contribution in [0.25, 0.3) is 11.0 Å². The summed E-state index contributed by atoms with van der Waals surface area (Å²) in [7, 11) is 0. The fourth-order valence-electron chi connectivity index (χ4n) is 3.74. The highest BCUT2D eigenvalue weighted by Crippen LogP contribution is 2.21. The Hall–Kier alpha value is -1.37. The predicted molar refractivity (Wildman–Crippen MR) is 119 cm³/mol. The molecule has 1 aliphatic carbocycles. The first-order chi connectivity index (χ1) is 12.6. The highest BCUT2D eigenvalue weighted by Gasteiger charge is 2.17. The number of nitrogens with one attached hydrogen (secondary N) is 2. The molecule has 1 aliphatic rings. The van der Waals surface area contributed by atoms with E-state index in [0.717, 1.165) is 23.3 Å². The van der Waals surface area contributed by atoms with Gasteiger partial charge in [-0.05, 0) is 39.7 Å². The van der Waals surface area contributed by atoms with Gasteiger partial charge in [0.1, 0.15) is 0 Å². The average molecular weight is 430 g/mol. The van der Waals surface area contributed by atoms with Gasteiger partial charge in [0.25, 0.3) is 5.91 Å². The van der Waals surface area contributed by atoms with Crippen LogP contribution in [0.3, 0.4) is 0 Å². The van der Waals surface area contributed by atoms with Crippen molar-refractivity contribution in [3.05, 3.63) is 23.5 Å². The van der Waals surface area contributed by atoms with Gasteiger partial charge in [-0.25, -0.2) is 9.67 Å². The molecule has 2 heterocycles. The molecule has 0 bridgehead atoms. The topological polar surface area (TPSA) is 71.8 Å². The van der Waals surface area contributed by atoms with E-state index in [2.05, 4.69) is 34.6 Å². The van der Waals surface area contributed by atoms with Crippen LogP contribution in [0, 0.1) is 6.92 Å². The summed E-state index contributed by atoms with van der Waals surface area (Å²) in [6.45, 7) is 7.50. The Kier molecular flexibility index (Phi) is 10.2. The molecule has 0 atom stereocenters. The number of fused-ring (bicyclic) bond motifs is 1. The Balaban J connectivity index is 0.00000196. The Labute approximate surface area is 180 Å². The largest absolute Gasteiger partial charge is 0.351 e. The summed E-state index contributed by atoms with van der Waals surface area (Å²) in [5.74, 6) is -0.0496. The Morgan fingerprint density at radius 3 is 2.50 bits per heavy atom. The van der Waals surface area contributed by atoms with Crippen LogP contribution in [0.5, 0.6) is 0 Å². The van der Waals surface area contributed by atoms with E-state index in [1.807, 2.05) is 17.7 Å². The number of halogens is 2. The molecule has 8 heteroatoms. The summed E-state index contributed by atoms with van der Waals surface area (Å²) in [4.78, 5) is 17.3. The number of carbonyl (C=O) groups excluding carboxylic acids is 1. The SMILES string of the molecule is Cc1cc(C(=O)NCCNC2CCCCCC2)c2cnn(C(C)C)c2n1.Cl.Cl. The van der Waals surface area contributed by atoms with Crippen molar-refractivity contribution in [3.8, 4) is 0 Å². The zero-order valence-corrected chi connectivity index (χ0v) is 18.7. The normalized spacial score (nSPS) is 15.0. The number of amides is 1. The smallest absolute Gasteiger partial charge is 0.252 e. The standard InChI is InChI=1S/C20H31N5O.2ClH/c1-14(2)25-19-18(13-23-25)17(12-15(3)24-19)20(26)22-11-10-21-16-8-6-4-5-7-9-16;;/h12-14,16,21H,4-11H2,1-3H3,(H,22,26);2*1H. The second-order valence-corrected chi connectivity index (χ2v) is 7.63. The number of aryl methyl sites for hydroxylation is 1. The van der Waals surface area contributed by atoms with Crippen LogP contribution in [0.1, 0.15) is 74.5 Å². The molecule has 0 unspecified atom stereocenters. The van der Waals surface area contributed by atoms with E-state index >= 15 is 0 Å². The number of aromatic nitrogens is 3. The zero-order valence-electron chi connectivity index (χ0n) is 17.0. The summed E-state index contributed by atoms with van der Waals surface area (Å²) in [6.07, 6.45) is 9.61. The Morgan fingerprint density at radius 1 is 1.18 bits per heavy atom. The lowest BCUT2D eigenvalue weighted by Crippen LogP contribution is -2.37. The van der Waals surface area contributed by atoms with Gasteiger partial charge >= 0.3 is 0 Å². The molecule has 0 radical (unpaired) electrons. The highest BCUT2D eigenvalue weighted by molar-refractivity contribution is 6.05. The summed E-state index contributed by atoms with van der Waals surface area (Å²) < 4.78 is 1.87. The van der Waals surface area contributed by atoms with Crippen molar-refractivity contribution in [2.45, 2.75) is 71.4 Å². The average Bonchev–Trinajstić information content (AvgIpc) is 2.86. The van der Waals surface area contributed by atoms with Crippen LogP contribution >= 0.6 is 24.8 Å². The fourth-order valence-corrected chi connectivity index (χ4v) is 3.74. The molecule has 3 rings (SSSR count). The van der Waals surface area contributed by atoms with E-state index in [1.54, 1.807) is 6.20 Å². The maximum absolute atomic E-state index is 12.7. The summed E-state index contributed by atoms with van der Waals surface area (Å²) in [5.41, 5.74) is 2.28. The quantitative estimate of drug-likeness (QED) is 0.532. The third kappa shape index (κ3) is 6.06. The molecule has 2 N–H and O–H groups in total. The van der Waals surface area contributed by atoms with E-state index in [9.17, 15) is 4.79 Å². The van der Waals surface area contributed by atoms with E-state index < -0.39 is 0 Å². The molecule has 0 spiro atoms. The number of rotatable bonds is 6. The number of hydrogen-bond donors (Lipinski definition) is 2. The van der Waals surface area contributed by atoms with Crippen LogP contribution in [-0.4, -0.2) is 39.8 Å². The molecule has 2 aromatic heterocycles. The second-order valence-electron chi connectivity index (χ2n) is 7.63. The first-order valence-corrected chi connectivity index (χ1v) is 9.92. The predicted octanol–water partition coefficient (Wildman–Crippen LogP) is 4.21. The minimum atomic E-state index is -0.0496. The van der Waals surface area contributed by atoms with Crippen molar-refractivity contribution in [3.63, 3.8) is 0 Å². The van der Waals surface area contributed by atoms with Crippen LogP contribution < -0.4 is 10.6 Å². The molecule has 0 aromatic carbocycles. The molecule has 158 valence electrons. The number of hydrogen-bond acceptors (Lipinski definition) is 4. The van der Waals surface area contributed by atoms with Crippen molar-refractivity contribution >= 4 is 41.8 Å². The van der Waals surface area contributed by atoms with E-state index in [-0.39, 0.29) is 36.8 Å². The van der Waals surface area contributed by atoms with Crippen LogP contribution in [0.15, 0.2) is 12.3 Å². The maximum Gasteiger partial charge on any atom is 0.252 e. The van der Waals surface area contributed by atoms with Gasteiger partial charge in [0.05, 0.1) is 17.1 Å². The monoisotopic (exact) mass is 429 g/mol. The lowest BCUT2D eigenvalue weighted by atomic mass is 10.1. The molecule has 28 heavy (non-hydrogen) atoms. The molecule has 0 saturated heterocycles. The third-order valence-electron chi connectivity index (χ3n) is 5.13. The lowest BCUT2D eigenvalue weighted by Gasteiger charge is -2.16. The summed E-state index contributed by atoms with van der Waals surface area (Å²) in [5, 5.41) is 11.9. The van der Waals surface area contributed by atoms with Gasteiger partial charge in [-0.1, -0.05) is 25.7 Å². The van der Waals surface area contributed by atoms with Gasteiger partial charge in [-0.3, -0.25) is 4.79 Å². The van der Waals surface area contributed by atoms with Crippen molar-refractivity contribution in [2.24, 2.45) is 0 Å². The number of pyridine rings is 1. The van der Waals surface area contributed by atoms with E-state index in [1.165, 1.54) is 38.5 Å². The van der Waals surface area contributed by atoms with Gasteiger partial charge in [0.2, 0.25) is 0 Å². The lowest BCUT2D eigenvalue weighted by molar-refractivity contribution is 0.0955. The highest BCUT2D eigenvalue weighted by atomic mass is 35.5. The van der Waals surface area contributed by atoms with Crippen LogP contribution in [0.4, 0.5) is 0 Å². The minimum absolute atomic E-state index is 0. The van der Waals surface area contributed by atoms with Gasteiger partial charge < -0.3 is 10.6 Å². The molecular formula is C20H33Cl2N5O. The fraction of sp³-hybridized carbons (Fsp3) is 0.650. The van der Waals surface area contributed by atoms with Crippen molar-refractivity contribution in [1.82, 2.24) is 25.4 Å². The first-order valence-electron chi connectivity index (χ1n) is 9.92. The molecule has 2 aromatic rings. The van der Waals surface area contributed by atoms with E-state index in [0.29, 0.717) is 18.2 Å². The molecule has 1 saturated carbocycles. The van der Waals surface area contributed by atoms with Crippen molar-refractivity contribution < 1.29 is 4.79 Å². The first kappa shape index (κ1) is 24.7. The second kappa shape index (κ2) is 11.6. The van der Waals surface area contributed by atoms with Gasteiger partial charge in [0.15, 0.2) is 5.65 Å². The Morgan fingerprint density at radius 2 is 1.86 bits per heavy atom.